The highest BCUT2D eigenvalue weighted by atomic mass is 32.1. The Hall–Kier alpha value is -0.620. The molecule has 0 radical (unpaired) electrons. The van der Waals surface area contributed by atoms with E-state index in [0.29, 0.717) is 0 Å². The van der Waals surface area contributed by atoms with Crippen molar-refractivity contribution in [3.8, 4) is 0 Å². The van der Waals surface area contributed by atoms with Gasteiger partial charge in [0, 0.05) is 11.6 Å². The van der Waals surface area contributed by atoms with Crippen LogP contribution >= 0.6 is 11.3 Å². The molecule has 6 heteroatoms. The Labute approximate surface area is 64.3 Å². The van der Waals surface area contributed by atoms with Gasteiger partial charge in [-0.2, -0.15) is 13.2 Å². The predicted molar refractivity (Wildman–Crippen MR) is 33.1 cm³/mol. The summed E-state index contributed by atoms with van der Waals surface area (Å²) in [5.74, 6) is 0. The fourth-order valence-electron chi connectivity index (χ4n) is 0.510. The quantitative estimate of drug-likeness (QED) is 0.719. The molecule has 0 unspecified atom stereocenters. The number of thiazole rings is 1. The molecular formula is C5H4F3NOS. The minimum atomic E-state index is -4.61. The second-order valence-corrected chi connectivity index (χ2v) is 2.74. The van der Waals surface area contributed by atoms with Gasteiger partial charge < -0.3 is 5.11 Å². The van der Waals surface area contributed by atoms with Crippen LogP contribution < -0.4 is 0 Å². The molecule has 1 rings (SSSR count). The summed E-state index contributed by atoms with van der Waals surface area (Å²) in [5, 5.41) is 9.63. The maximum absolute atomic E-state index is 11.7. The number of aliphatic hydroxyl groups excluding tert-OH is 1. The van der Waals surface area contributed by atoms with Crippen LogP contribution in [0.3, 0.4) is 0 Å². The van der Waals surface area contributed by atoms with Gasteiger partial charge in [-0.15, -0.1) is 11.3 Å². The van der Waals surface area contributed by atoms with Crippen LogP contribution in [0, 0.1) is 0 Å². The summed E-state index contributed by atoms with van der Waals surface area (Å²) >= 11 is 0.777. The van der Waals surface area contributed by atoms with E-state index < -0.39 is 12.3 Å². The number of hydrogen-bond donors (Lipinski definition) is 1. The molecule has 0 saturated heterocycles. The van der Waals surface area contributed by atoms with E-state index >= 15 is 0 Å². The topological polar surface area (TPSA) is 33.1 Å². The van der Waals surface area contributed by atoms with E-state index in [0.717, 1.165) is 11.3 Å². The maximum Gasteiger partial charge on any atom is 0.420 e. The first kappa shape index (κ1) is 8.48. The summed E-state index contributed by atoms with van der Waals surface area (Å²) in [6, 6.07) is 0. The SMILES string of the molecule is O[C@H](c1nccs1)C(F)(F)F. The Bertz CT molecular complexity index is 220. The average molecular weight is 183 g/mol. The van der Waals surface area contributed by atoms with E-state index in [1.807, 2.05) is 0 Å². The molecule has 0 amide bonds. The van der Waals surface area contributed by atoms with E-state index in [-0.39, 0.29) is 5.01 Å². The number of alkyl halides is 3. The third kappa shape index (κ3) is 1.90. The van der Waals surface area contributed by atoms with Crippen molar-refractivity contribution in [3.05, 3.63) is 16.6 Å². The van der Waals surface area contributed by atoms with E-state index in [4.69, 9.17) is 5.11 Å². The number of rotatable bonds is 1. The molecule has 1 aromatic heterocycles. The van der Waals surface area contributed by atoms with E-state index in [2.05, 4.69) is 4.98 Å². The zero-order valence-corrected chi connectivity index (χ0v) is 5.99. The van der Waals surface area contributed by atoms with Crippen molar-refractivity contribution in [2.75, 3.05) is 0 Å². The molecule has 11 heavy (non-hydrogen) atoms. The van der Waals surface area contributed by atoms with Crippen LogP contribution in [-0.4, -0.2) is 16.3 Å². The van der Waals surface area contributed by atoms with Gasteiger partial charge in [0.05, 0.1) is 0 Å². The fraction of sp³-hybridized carbons (Fsp3) is 0.400. The lowest BCUT2D eigenvalue weighted by Gasteiger charge is -2.10. The summed E-state index contributed by atoms with van der Waals surface area (Å²) in [5.41, 5.74) is 0. The molecule has 1 heterocycles. The van der Waals surface area contributed by atoms with Crippen molar-refractivity contribution in [1.29, 1.82) is 0 Å². The van der Waals surface area contributed by atoms with Crippen LogP contribution in [0.5, 0.6) is 0 Å². The first-order valence-electron chi connectivity index (χ1n) is 2.66. The molecule has 0 spiro atoms. The number of aromatic nitrogens is 1. The smallest absolute Gasteiger partial charge is 0.377 e. The Morgan fingerprint density at radius 2 is 2.18 bits per heavy atom. The van der Waals surface area contributed by atoms with Crippen molar-refractivity contribution >= 4 is 11.3 Å². The summed E-state index contributed by atoms with van der Waals surface area (Å²) < 4.78 is 35.2. The van der Waals surface area contributed by atoms with Crippen LogP contribution in [-0.2, 0) is 0 Å². The molecule has 0 saturated carbocycles. The van der Waals surface area contributed by atoms with E-state index in [9.17, 15) is 13.2 Å². The van der Waals surface area contributed by atoms with Gasteiger partial charge in [-0.25, -0.2) is 4.98 Å². The first-order valence-corrected chi connectivity index (χ1v) is 3.54. The normalized spacial score (nSPS) is 14.9. The van der Waals surface area contributed by atoms with Crippen molar-refractivity contribution in [1.82, 2.24) is 4.98 Å². The lowest BCUT2D eigenvalue weighted by molar-refractivity contribution is -0.206. The number of hydrogen-bond acceptors (Lipinski definition) is 3. The van der Waals surface area contributed by atoms with E-state index in [1.54, 1.807) is 0 Å². The van der Waals surface area contributed by atoms with Crippen LogP contribution in [0.2, 0.25) is 0 Å². The van der Waals surface area contributed by atoms with Crippen LogP contribution in [0.1, 0.15) is 11.1 Å². The number of nitrogens with zero attached hydrogens (tertiary/aromatic N) is 1. The first-order chi connectivity index (χ1) is 5.02. The molecule has 1 atom stereocenters. The largest absolute Gasteiger partial charge is 0.420 e. The van der Waals surface area contributed by atoms with Crippen molar-refractivity contribution in [3.63, 3.8) is 0 Å². The Morgan fingerprint density at radius 3 is 2.55 bits per heavy atom. The molecule has 0 aromatic carbocycles. The average Bonchev–Trinajstić information content (AvgIpc) is 2.34. The highest BCUT2D eigenvalue weighted by Gasteiger charge is 2.40. The van der Waals surface area contributed by atoms with Gasteiger partial charge >= 0.3 is 6.18 Å². The molecule has 2 nitrogen and oxygen atoms in total. The maximum atomic E-state index is 11.7. The Balaban J connectivity index is 2.78. The molecule has 0 aliphatic carbocycles. The lowest BCUT2D eigenvalue weighted by atomic mass is 10.4. The van der Waals surface area contributed by atoms with Gasteiger partial charge in [-0.1, -0.05) is 0 Å². The monoisotopic (exact) mass is 183 g/mol. The Kier molecular flexibility index (Phi) is 2.15. The molecule has 62 valence electrons. The summed E-state index contributed by atoms with van der Waals surface area (Å²) in [7, 11) is 0. The zero-order chi connectivity index (χ0) is 8.48. The third-order valence-corrected chi connectivity index (χ3v) is 1.82. The highest BCUT2D eigenvalue weighted by molar-refractivity contribution is 7.09. The van der Waals surface area contributed by atoms with Gasteiger partial charge in [-0.3, -0.25) is 0 Å². The van der Waals surface area contributed by atoms with Gasteiger partial charge in [-0.05, 0) is 0 Å². The minimum Gasteiger partial charge on any atom is -0.377 e. The highest BCUT2D eigenvalue weighted by Crippen LogP contribution is 2.32. The summed E-state index contributed by atoms with van der Waals surface area (Å²) in [6.07, 6.45) is -5.84. The molecule has 1 aromatic rings. The van der Waals surface area contributed by atoms with Crippen molar-refractivity contribution in [2.45, 2.75) is 12.3 Å². The fourth-order valence-corrected chi connectivity index (χ4v) is 1.15. The van der Waals surface area contributed by atoms with Crippen molar-refractivity contribution < 1.29 is 18.3 Å². The Morgan fingerprint density at radius 1 is 1.55 bits per heavy atom. The standard InChI is InChI=1S/C5H4F3NOS/c6-5(7,8)3(10)4-9-1-2-11-4/h1-3,10H/t3-/m1/s1. The van der Waals surface area contributed by atoms with Gasteiger partial charge in [0.1, 0.15) is 5.01 Å². The van der Waals surface area contributed by atoms with Crippen LogP contribution in [0.15, 0.2) is 11.6 Å². The van der Waals surface area contributed by atoms with Crippen LogP contribution in [0.4, 0.5) is 13.2 Å². The second kappa shape index (κ2) is 2.78. The minimum absolute atomic E-state index is 0.322. The van der Waals surface area contributed by atoms with Gasteiger partial charge in [0.2, 0.25) is 6.10 Å². The molecular weight excluding hydrogens is 179 g/mol. The molecule has 0 aliphatic heterocycles. The van der Waals surface area contributed by atoms with E-state index in [1.165, 1.54) is 11.6 Å². The molecule has 0 bridgehead atoms. The number of halogens is 3. The second-order valence-electron chi connectivity index (χ2n) is 1.81. The molecule has 0 fully saturated rings. The third-order valence-electron chi connectivity index (χ3n) is 0.995. The zero-order valence-electron chi connectivity index (χ0n) is 5.17. The molecule has 1 N–H and O–H groups in total. The summed E-state index contributed by atoms with van der Waals surface area (Å²) in [6.45, 7) is 0. The lowest BCUT2D eigenvalue weighted by Crippen LogP contribution is -2.19. The molecule has 0 aliphatic rings. The van der Waals surface area contributed by atoms with Crippen molar-refractivity contribution in [2.24, 2.45) is 0 Å². The van der Waals surface area contributed by atoms with Gasteiger partial charge in [0.25, 0.3) is 0 Å². The van der Waals surface area contributed by atoms with Gasteiger partial charge in [0.15, 0.2) is 0 Å². The van der Waals surface area contributed by atoms with Crippen LogP contribution in [0.25, 0.3) is 0 Å². The predicted octanol–water partition coefficient (Wildman–Crippen LogP) is 1.74. The number of aliphatic hydroxyl groups is 1. The summed E-state index contributed by atoms with van der Waals surface area (Å²) in [4.78, 5) is 3.33.